The average molecular weight is 348 g/mol. The molecule has 1 atom stereocenters. The topological polar surface area (TPSA) is 101 Å². The molecule has 3 rings (SSSR count). The second kappa shape index (κ2) is 7.94. The maximum Gasteiger partial charge on any atom is 0.225 e. The van der Waals surface area contributed by atoms with E-state index in [0.29, 0.717) is 19.5 Å². The van der Waals surface area contributed by atoms with Gasteiger partial charge in [-0.05, 0) is 44.1 Å². The van der Waals surface area contributed by atoms with E-state index >= 15 is 0 Å². The van der Waals surface area contributed by atoms with Crippen LogP contribution >= 0.6 is 0 Å². The van der Waals surface area contributed by atoms with E-state index in [-0.39, 0.29) is 17.4 Å². The summed E-state index contributed by atoms with van der Waals surface area (Å²) >= 11 is 0. The van der Waals surface area contributed by atoms with Crippen LogP contribution in [0.25, 0.3) is 10.4 Å². The van der Waals surface area contributed by atoms with E-state index in [2.05, 4.69) is 15.3 Å². The summed E-state index contributed by atoms with van der Waals surface area (Å²) in [6, 6.07) is 0. The van der Waals surface area contributed by atoms with Gasteiger partial charge in [-0.3, -0.25) is 4.79 Å². The van der Waals surface area contributed by atoms with Gasteiger partial charge < -0.3 is 5.32 Å². The quantitative estimate of drug-likeness (QED) is 0.353. The monoisotopic (exact) mass is 348 g/mol. The van der Waals surface area contributed by atoms with Crippen molar-refractivity contribution in [3.63, 3.8) is 0 Å². The van der Waals surface area contributed by atoms with Gasteiger partial charge in [0.2, 0.25) is 5.91 Å². The molecule has 1 amide bonds. The summed E-state index contributed by atoms with van der Waals surface area (Å²) in [6.45, 7) is 0.903. The van der Waals surface area contributed by atoms with E-state index in [0.717, 1.165) is 57.8 Å². The molecule has 0 aromatic rings. The van der Waals surface area contributed by atoms with Crippen molar-refractivity contribution in [3.8, 4) is 0 Å². The van der Waals surface area contributed by atoms with Gasteiger partial charge in [-0.2, -0.15) is 0 Å². The molecule has 1 heterocycles. The molecular weight excluding hydrogens is 318 g/mol. The molecule has 139 valence electrons. The minimum Gasteiger partial charge on any atom is -0.356 e. The lowest BCUT2D eigenvalue weighted by atomic mass is 9.72. The van der Waals surface area contributed by atoms with Crippen molar-refractivity contribution in [2.24, 2.45) is 11.0 Å². The SMILES string of the molecule is [N-]=[N+]=NCCCNC(=O)C1CC2(CCCCC2)N([O])C12CCCCC2. The molecule has 1 radical (unpaired) electrons. The molecular formula is C18H30N5O2. The van der Waals surface area contributed by atoms with Crippen molar-refractivity contribution in [2.45, 2.75) is 88.1 Å². The molecule has 1 N–H and O–H groups in total. The Morgan fingerprint density at radius 1 is 1.12 bits per heavy atom. The van der Waals surface area contributed by atoms with E-state index in [4.69, 9.17) is 5.53 Å². The molecule has 7 heteroatoms. The Bertz CT molecular complexity index is 520. The summed E-state index contributed by atoms with van der Waals surface area (Å²) < 4.78 is 0. The van der Waals surface area contributed by atoms with Crippen LogP contribution in [0.1, 0.15) is 77.0 Å². The third kappa shape index (κ3) is 3.50. The second-order valence-corrected chi connectivity index (χ2v) is 8.10. The molecule has 7 nitrogen and oxygen atoms in total. The van der Waals surface area contributed by atoms with Crippen LogP contribution in [0.5, 0.6) is 0 Å². The highest BCUT2D eigenvalue weighted by molar-refractivity contribution is 5.80. The van der Waals surface area contributed by atoms with Gasteiger partial charge in [0, 0.05) is 18.0 Å². The lowest BCUT2D eigenvalue weighted by Gasteiger charge is -2.45. The van der Waals surface area contributed by atoms with E-state index in [9.17, 15) is 10.0 Å². The normalized spacial score (nSPS) is 28.0. The fourth-order valence-corrected chi connectivity index (χ4v) is 5.47. The molecule has 0 bridgehead atoms. The molecule has 0 aromatic heterocycles. The van der Waals surface area contributed by atoms with Crippen LogP contribution in [-0.2, 0) is 10.0 Å². The molecule has 1 aliphatic heterocycles. The van der Waals surface area contributed by atoms with Crippen molar-refractivity contribution < 1.29 is 10.0 Å². The minimum absolute atomic E-state index is 0.0335. The van der Waals surface area contributed by atoms with Crippen molar-refractivity contribution in [1.82, 2.24) is 10.4 Å². The summed E-state index contributed by atoms with van der Waals surface area (Å²) in [6.07, 6.45) is 11.7. The molecule has 1 saturated heterocycles. The van der Waals surface area contributed by atoms with Gasteiger partial charge >= 0.3 is 0 Å². The van der Waals surface area contributed by atoms with E-state index < -0.39 is 5.54 Å². The first-order chi connectivity index (χ1) is 12.1. The standard InChI is InChI=1S/C18H30N5O2/c19-22-21-13-7-12-20-16(24)15-14-17(8-3-1-4-9-17)23(25)18(15)10-5-2-6-11-18/h15H,1-14H2,(H,20,24). The fraction of sp³-hybridized carbons (Fsp3) is 0.944. The zero-order valence-corrected chi connectivity index (χ0v) is 15.1. The van der Waals surface area contributed by atoms with Gasteiger partial charge in [-0.25, -0.2) is 0 Å². The first-order valence-corrected chi connectivity index (χ1v) is 9.91. The van der Waals surface area contributed by atoms with Gasteiger partial charge in [-0.1, -0.05) is 43.6 Å². The zero-order valence-electron chi connectivity index (χ0n) is 15.1. The first kappa shape index (κ1) is 18.5. The number of rotatable bonds is 5. The molecule has 25 heavy (non-hydrogen) atoms. The van der Waals surface area contributed by atoms with Crippen molar-refractivity contribution in [1.29, 1.82) is 0 Å². The highest BCUT2D eigenvalue weighted by atomic mass is 16.5. The summed E-state index contributed by atoms with van der Waals surface area (Å²) in [7, 11) is 0. The number of hydrogen-bond donors (Lipinski definition) is 1. The number of azide groups is 1. The van der Waals surface area contributed by atoms with E-state index in [1.807, 2.05) is 0 Å². The molecule has 3 aliphatic rings. The highest BCUT2D eigenvalue weighted by Gasteiger charge is 2.63. The smallest absolute Gasteiger partial charge is 0.225 e. The Labute approximate surface area is 149 Å². The lowest BCUT2D eigenvalue weighted by Crippen LogP contribution is -2.56. The molecule has 2 aliphatic carbocycles. The van der Waals surface area contributed by atoms with Crippen LogP contribution in [-0.4, -0.2) is 35.1 Å². The Kier molecular flexibility index (Phi) is 5.87. The van der Waals surface area contributed by atoms with Gasteiger partial charge in [0.1, 0.15) is 0 Å². The number of nitrogens with one attached hydrogen (secondary N) is 1. The molecule has 2 saturated carbocycles. The van der Waals surface area contributed by atoms with E-state index in [1.54, 1.807) is 0 Å². The van der Waals surface area contributed by atoms with Crippen LogP contribution in [0, 0.1) is 5.92 Å². The van der Waals surface area contributed by atoms with Gasteiger partial charge in [0.05, 0.1) is 17.0 Å². The van der Waals surface area contributed by atoms with Gasteiger partial charge in [0.15, 0.2) is 0 Å². The number of carbonyl (C=O) groups is 1. The van der Waals surface area contributed by atoms with Crippen LogP contribution in [0.15, 0.2) is 5.11 Å². The second-order valence-electron chi connectivity index (χ2n) is 8.10. The summed E-state index contributed by atoms with van der Waals surface area (Å²) in [5, 5.41) is 21.4. The van der Waals surface area contributed by atoms with Crippen molar-refractivity contribution >= 4 is 5.91 Å². The minimum atomic E-state index is -0.482. The molecule has 2 spiro atoms. The Balaban J connectivity index is 1.73. The Morgan fingerprint density at radius 2 is 1.76 bits per heavy atom. The summed E-state index contributed by atoms with van der Waals surface area (Å²) in [5.41, 5.74) is 7.53. The van der Waals surface area contributed by atoms with Crippen LogP contribution in [0.4, 0.5) is 0 Å². The van der Waals surface area contributed by atoms with Crippen molar-refractivity contribution in [2.75, 3.05) is 13.1 Å². The third-order valence-corrected chi connectivity index (χ3v) is 6.69. The number of nitrogens with zero attached hydrogens (tertiary/aromatic N) is 4. The maximum atomic E-state index is 13.5. The van der Waals surface area contributed by atoms with Crippen LogP contribution in [0.3, 0.4) is 0 Å². The zero-order chi connectivity index (χ0) is 17.8. The Morgan fingerprint density at radius 3 is 2.40 bits per heavy atom. The van der Waals surface area contributed by atoms with Crippen LogP contribution in [0.2, 0.25) is 0 Å². The summed E-state index contributed by atoms with van der Waals surface area (Å²) in [5.74, 6) is -0.158. The third-order valence-electron chi connectivity index (χ3n) is 6.69. The lowest BCUT2D eigenvalue weighted by molar-refractivity contribution is -0.276. The number of hydroxylamine groups is 2. The van der Waals surface area contributed by atoms with Crippen LogP contribution < -0.4 is 5.32 Å². The maximum absolute atomic E-state index is 13.5. The van der Waals surface area contributed by atoms with Gasteiger partial charge in [-0.15, -0.1) is 10.3 Å². The van der Waals surface area contributed by atoms with E-state index in [1.165, 1.54) is 17.9 Å². The molecule has 0 aromatic carbocycles. The predicted molar refractivity (Wildman–Crippen MR) is 93.9 cm³/mol. The highest BCUT2D eigenvalue weighted by Crippen LogP contribution is 2.55. The number of hydrogen-bond acceptors (Lipinski definition) is 3. The summed E-state index contributed by atoms with van der Waals surface area (Å²) in [4.78, 5) is 15.7. The number of amides is 1. The van der Waals surface area contributed by atoms with Crippen molar-refractivity contribution in [3.05, 3.63) is 10.4 Å². The molecule has 1 unspecified atom stereocenters. The fourth-order valence-electron chi connectivity index (χ4n) is 5.47. The molecule has 3 fully saturated rings. The predicted octanol–water partition coefficient (Wildman–Crippen LogP) is 3.88. The average Bonchev–Trinajstić information content (AvgIpc) is 2.86. The largest absolute Gasteiger partial charge is 0.356 e. The van der Waals surface area contributed by atoms with Gasteiger partial charge in [0.25, 0.3) is 0 Å². The first-order valence-electron chi connectivity index (χ1n) is 9.91. The Hall–Kier alpha value is -1.30. The number of carbonyl (C=O) groups excluding carboxylic acids is 1.